The van der Waals surface area contributed by atoms with E-state index in [0.29, 0.717) is 6.10 Å². The molecule has 0 radical (unpaired) electrons. The maximum absolute atomic E-state index is 5.63. The fraction of sp³-hybridized carbons (Fsp3) is 1.00. The van der Waals surface area contributed by atoms with Gasteiger partial charge in [-0.15, -0.1) is 0 Å². The molecule has 100 valence electrons. The van der Waals surface area contributed by atoms with Crippen LogP contribution in [-0.2, 0) is 4.74 Å². The van der Waals surface area contributed by atoms with E-state index < -0.39 is 0 Å². The summed E-state index contributed by atoms with van der Waals surface area (Å²) in [5, 5.41) is 3.62. The molecule has 0 saturated carbocycles. The van der Waals surface area contributed by atoms with Gasteiger partial charge in [0, 0.05) is 6.61 Å². The molecule has 2 fully saturated rings. The number of hydrogen-bond donors (Lipinski definition) is 1. The molecule has 3 heteroatoms. The van der Waals surface area contributed by atoms with Gasteiger partial charge in [0.1, 0.15) is 0 Å². The molecule has 0 amide bonds. The fourth-order valence-electron chi connectivity index (χ4n) is 2.95. The van der Waals surface area contributed by atoms with E-state index in [1.54, 1.807) is 0 Å². The van der Waals surface area contributed by atoms with Crippen LogP contribution >= 0.6 is 0 Å². The fourth-order valence-corrected chi connectivity index (χ4v) is 2.95. The second kappa shape index (κ2) is 7.34. The highest BCUT2D eigenvalue weighted by Gasteiger charge is 2.18. The summed E-state index contributed by atoms with van der Waals surface area (Å²) in [5.41, 5.74) is 0. The first-order valence-electron chi connectivity index (χ1n) is 7.43. The maximum atomic E-state index is 5.63. The zero-order chi connectivity index (χ0) is 11.9. The van der Waals surface area contributed by atoms with Crippen molar-refractivity contribution >= 4 is 0 Å². The molecule has 0 aromatic rings. The Morgan fingerprint density at radius 1 is 1.24 bits per heavy atom. The lowest BCUT2D eigenvalue weighted by atomic mass is 9.97. The number of nitrogens with one attached hydrogen (secondary N) is 1. The summed E-state index contributed by atoms with van der Waals surface area (Å²) < 4.78 is 5.63. The minimum atomic E-state index is 0.546. The highest BCUT2D eigenvalue weighted by Crippen LogP contribution is 2.17. The first kappa shape index (κ1) is 13.3. The molecule has 0 bridgehead atoms. The van der Waals surface area contributed by atoms with Crippen molar-refractivity contribution in [3.63, 3.8) is 0 Å². The number of rotatable bonds is 6. The van der Waals surface area contributed by atoms with E-state index in [9.17, 15) is 0 Å². The summed E-state index contributed by atoms with van der Waals surface area (Å²) in [7, 11) is 0. The summed E-state index contributed by atoms with van der Waals surface area (Å²) in [4.78, 5) is 2.56. The first-order valence-corrected chi connectivity index (χ1v) is 7.43. The molecular formula is C14H28N2O. The Labute approximate surface area is 106 Å². The summed E-state index contributed by atoms with van der Waals surface area (Å²) in [5.74, 6) is 0.905. The van der Waals surface area contributed by atoms with Crippen LogP contribution in [-0.4, -0.2) is 50.3 Å². The molecular weight excluding hydrogens is 212 g/mol. The average Bonchev–Trinajstić information content (AvgIpc) is 2.88. The molecule has 2 aliphatic rings. The van der Waals surface area contributed by atoms with Crippen molar-refractivity contribution in [1.29, 1.82) is 0 Å². The van der Waals surface area contributed by atoms with Gasteiger partial charge in [-0.1, -0.05) is 6.92 Å². The quantitative estimate of drug-likeness (QED) is 0.717. The smallest absolute Gasteiger partial charge is 0.0588 e. The number of ether oxygens (including phenoxy) is 1. The molecule has 0 aromatic heterocycles. The third-order valence-electron chi connectivity index (χ3n) is 4.25. The Kier molecular flexibility index (Phi) is 5.75. The van der Waals surface area contributed by atoms with Gasteiger partial charge in [-0.05, 0) is 70.7 Å². The molecule has 2 saturated heterocycles. The van der Waals surface area contributed by atoms with E-state index in [4.69, 9.17) is 4.74 Å². The van der Waals surface area contributed by atoms with Gasteiger partial charge in [0.15, 0.2) is 0 Å². The van der Waals surface area contributed by atoms with Crippen LogP contribution in [0.4, 0.5) is 0 Å². The Bertz CT molecular complexity index is 196. The SMILES string of the molecule is CCN1CCC(CNCCC2CCCO2)CC1. The Hall–Kier alpha value is -0.120. The Morgan fingerprint density at radius 2 is 2.06 bits per heavy atom. The van der Waals surface area contributed by atoms with Gasteiger partial charge < -0.3 is 15.0 Å². The number of nitrogens with zero attached hydrogens (tertiary/aromatic N) is 1. The van der Waals surface area contributed by atoms with Gasteiger partial charge in [0.25, 0.3) is 0 Å². The standard InChI is InChI=1S/C14H28N2O/c1-2-16-9-6-13(7-10-16)12-15-8-5-14-4-3-11-17-14/h13-15H,2-12H2,1H3. The van der Waals surface area contributed by atoms with E-state index in [0.717, 1.165) is 19.1 Å². The predicted octanol–water partition coefficient (Wildman–Crippen LogP) is 1.88. The summed E-state index contributed by atoms with van der Waals surface area (Å²) in [6.45, 7) is 9.42. The van der Waals surface area contributed by atoms with Crippen LogP contribution in [0.1, 0.15) is 39.0 Å². The van der Waals surface area contributed by atoms with Crippen LogP contribution in [0.25, 0.3) is 0 Å². The third-order valence-corrected chi connectivity index (χ3v) is 4.25. The van der Waals surface area contributed by atoms with E-state index in [1.807, 2.05) is 0 Å². The summed E-state index contributed by atoms with van der Waals surface area (Å²) in [6.07, 6.45) is 7.04. The molecule has 1 atom stereocenters. The Balaban J connectivity index is 1.48. The molecule has 3 nitrogen and oxygen atoms in total. The molecule has 0 aromatic carbocycles. The van der Waals surface area contributed by atoms with Gasteiger partial charge in [-0.25, -0.2) is 0 Å². The molecule has 2 aliphatic heterocycles. The maximum Gasteiger partial charge on any atom is 0.0588 e. The monoisotopic (exact) mass is 240 g/mol. The molecule has 1 unspecified atom stereocenters. The van der Waals surface area contributed by atoms with Gasteiger partial charge in [-0.2, -0.15) is 0 Å². The second-order valence-corrected chi connectivity index (χ2v) is 5.51. The zero-order valence-corrected chi connectivity index (χ0v) is 11.3. The van der Waals surface area contributed by atoms with Crippen molar-refractivity contribution in [1.82, 2.24) is 10.2 Å². The average molecular weight is 240 g/mol. The van der Waals surface area contributed by atoms with Gasteiger partial charge in [0.05, 0.1) is 6.10 Å². The van der Waals surface area contributed by atoms with Crippen LogP contribution < -0.4 is 5.32 Å². The van der Waals surface area contributed by atoms with Crippen LogP contribution in [0.5, 0.6) is 0 Å². The highest BCUT2D eigenvalue weighted by atomic mass is 16.5. The lowest BCUT2D eigenvalue weighted by Crippen LogP contribution is -2.37. The highest BCUT2D eigenvalue weighted by molar-refractivity contribution is 4.73. The summed E-state index contributed by atoms with van der Waals surface area (Å²) >= 11 is 0. The van der Waals surface area contributed by atoms with Crippen molar-refractivity contribution in [3.05, 3.63) is 0 Å². The van der Waals surface area contributed by atoms with Gasteiger partial charge in [-0.3, -0.25) is 0 Å². The van der Waals surface area contributed by atoms with Crippen molar-refractivity contribution in [3.8, 4) is 0 Å². The first-order chi connectivity index (χ1) is 8.38. The Morgan fingerprint density at radius 3 is 2.71 bits per heavy atom. The van der Waals surface area contributed by atoms with Crippen LogP contribution in [0.2, 0.25) is 0 Å². The van der Waals surface area contributed by atoms with Crippen LogP contribution in [0.3, 0.4) is 0 Å². The van der Waals surface area contributed by atoms with Crippen molar-refractivity contribution < 1.29 is 4.74 Å². The second-order valence-electron chi connectivity index (χ2n) is 5.51. The van der Waals surface area contributed by atoms with Gasteiger partial charge in [0.2, 0.25) is 0 Å². The minimum absolute atomic E-state index is 0.546. The normalized spacial score (nSPS) is 27.7. The lowest BCUT2D eigenvalue weighted by molar-refractivity contribution is 0.103. The number of hydrogen-bond acceptors (Lipinski definition) is 3. The molecule has 2 heterocycles. The molecule has 2 rings (SSSR count). The van der Waals surface area contributed by atoms with Crippen molar-refractivity contribution in [2.24, 2.45) is 5.92 Å². The molecule has 0 aliphatic carbocycles. The van der Waals surface area contributed by atoms with E-state index in [1.165, 1.54) is 58.3 Å². The topological polar surface area (TPSA) is 24.5 Å². The number of piperidine rings is 1. The van der Waals surface area contributed by atoms with Crippen molar-refractivity contribution in [2.75, 3.05) is 39.3 Å². The van der Waals surface area contributed by atoms with E-state index >= 15 is 0 Å². The summed E-state index contributed by atoms with van der Waals surface area (Å²) in [6, 6.07) is 0. The predicted molar refractivity (Wildman–Crippen MR) is 71.3 cm³/mol. The molecule has 17 heavy (non-hydrogen) atoms. The number of likely N-dealkylation sites (tertiary alicyclic amines) is 1. The van der Waals surface area contributed by atoms with Crippen LogP contribution in [0, 0.1) is 5.92 Å². The largest absolute Gasteiger partial charge is 0.378 e. The van der Waals surface area contributed by atoms with Crippen molar-refractivity contribution in [2.45, 2.75) is 45.1 Å². The lowest BCUT2D eigenvalue weighted by Gasteiger charge is -2.31. The van der Waals surface area contributed by atoms with E-state index in [2.05, 4.69) is 17.1 Å². The molecule has 0 spiro atoms. The van der Waals surface area contributed by atoms with Crippen LogP contribution in [0.15, 0.2) is 0 Å². The zero-order valence-electron chi connectivity index (χ0n) is 11.3. The third kappa shape index (κ3) is 4.57. The molecule has 1 N–H and O–H groups in total. The van der Waals surface area contributed by atoms with E-state index in [-0.39, 0.29) is 0 Å². The minimum Gasteiger partial charge on any atom is -0.378 e. The van der Waals surface area contributed by atoms with Gasteiger partial charge >= 0.3 is 0 Å².